The van der Waals surface area contributed by atoms with Crippen LogP contribution in [0.4, 0.5) is 29.3 Å². The topological polar surface area (TPSA) is 114 Å². The molecule has 5 rings (SSSR count). The van der Waals surface area contributed by atoms with Gasteiger partial charge >= 0.3 is 18.2 Å². The number of halogens is 3. The Hall–Kier alpha value is -4.97. The van der Waals surface area contributed by atoms with E-state index in [1.807, 2.05) is 34.9 Å². The summed E-state index contributed by atoms with van der Waals surface area (Å²) in [5.41, 5.74) is 1.54. The van der Waals surface area contributed by atoms with Gasteiger partial charge in [0.1, 0.15) is 11.4 Å². The van der Waals surface area contributed by atoms with Crippen LogP contribution in [0, 0.1) is 0 Å². The van der Waals surface area contributed by atoms with Gasteiger partial charge in [-0.1, -0.05) is 12.1 Å². The van der Waals surface area contributed by atoms with Crippen LogP contribution in [0.3, 0.4) is 0 Å². The lowest BCUT2D eigenvalue weighted by atomic mass is 10.0. The number of anilines is 2. The number of ether oxygens (including phenoxy) is 1. The number of nitrogens with zero attached hydrogens (tertiary/aromatic N) is 4. The number of benzene rings is 2. The van der Waals surface area contributed by atoms with Crippen molar-refractivity contribution in [2.24, 2.45) is 0 Å². The molecule has 12 heteroatoms. The summed E-state index contributed by atoms with van der Waals surface area (Å²) in [6.07, 6.45) is 1.69. The van der Waals surface area contributed by atoms with Crippen LogP contribution in [0.5, 0.6) is 11.8 Å². The first kappa shape index (κ1) is 26.6. The van der Waals surface area contributed by atoms with Gasteiger partial charge in [-0.15, -0.1) is 0 Å². The molecule has 0 saturated carbocycles. The number of rotatable bonds is 6. The van der Waals surface area contributed by atoms with E-state index in [0.29, 0.717) is 5.75 Å². The minimum Gasteiger partial charge on any atom is -0.424 e. The number of hydrogen-bond acceptors (Lipinski definition) is 6. The molecule has 3 heterocycles. The maximum absolute atomic E-state index is 12.9. The number of fused-ring (bicyclic) bond motifs is 1. The number of alkyl halides is 3. The molecule has 0 fully saturated rings. The van der Waals surface area contributed by atoms with E-state index in [-0.39, 0.29) is 17.4 Å². The van der Waals surface area contributed by atoms with Gasteiger partial charge in [0.2, 0.25) is 0 Å². The summed E-state index contributed by atoms with van der Waals surface area (Å²) >= 11 is 0. The van der Waals surface area contributed by atoms with Gasteiger partial charge in [-0.2, -0.15) is 13.2 Å². The van der Waals surface area contributed by atoms with E-state index in [1.165, 1.54) is 24.5 Å². The molecule has 2 aromatic carbocycles. The van der Waals surface area contributed by atoms with Crippen molar-refractivity contribution in [3.8, 4) is 23.0 Å². The second-order valence-electron chi connectivity index (χ2n) is 9.39. The molecule has 3 N–H and O–H groups in total. The maximum Gasteiger partial charge on any atom is 0.416 e. The van der Waals surface area contributed by atoms with Crippen molar-refractivity contribution >= 4 is 23.1 Å². The minimum atomic E-state index is -4.52. The summed E-state index contributed by atoms with van der Waals surface area (Å²) in [6, 6.07) is 14.4. The first-order valence-corrected chi connectivity index (χ1v) is 12.0. The lowest BCUT2D eigenvalue weighted by Gasteiger charge is -2.18. The smallest absolute Gasteiger partial charge is 0.416 e. The van der Waals surface area contributed by atoms with Gasteiger partial charge in [-0.3, -0.25) is 4.40 Å². The molecule has 0 aliphatic rings. The average molecular weight is 549 g/mol. The van der Waals surface area contributed by atoms with Crippen LogP contribution in [0.2, 0.25) is 0 Å². The van der Waals surface area contributed by atoms with Crippen LogP contribution in [0.1, 0.15) is 25.0 Å². The van der Waals surface area contributed by atoms with E-state index in [1.54, 1.807) is 32.2 Å². The fourth-order valence-electron chi connectivity index (χ4n) is 3.86. The molecular formula is C28H23F3N6O3. The predicted molar refractivity (Wildman–Crippen MR) is 142 cm³/mol. The molecule has 9 nitrogen and oxygen atoms in total. The number of amides is 2. The zero-order valence-corrected chi connectivity index (χ0v) is 21.3. The van der Waals surface area contributed by atoms with Gasteiger partial charge < -0.3 is 20.5 Å². The predicted octanol–water partition coefficient (Wildman–Crippen LogP) is 6.47. The zero-order valence-electron chi connectivity index (χ0n) is 21.3. The Kier molecular flexibility index (Phi) is 6.86. The molecule has 2 amide bonds. The normalized spacial score (nSPS) is 11.8. The Morgan fingerprint density at radius 1 is 0.875 bits per heavy atom. The van der Waals surface area contributed by atoms with Crippen LogP contribution < -0.4 is 15.4 Å². The first-order chi connectivity index (χ1) is 19.0. The zero-order chi connectivity index (χ0) is 28.5. The van der Waals surface area contributed by atoms with Crippen LogP contribution in [0.25, 0.3) is 16.9 Å². The quantitative estimate of drug-likeness (QED) is 0.224. The SMILES string of the molecule is CC(C)(O)c1ccc2ncc(-c3ccc(Oc4ncc(NC(=O)Nc5cccc(C(F)(F)F)c5)cn4)cc3)n2c1. The van der Waals surface area contributed by atoms with Gasteiger partial charge in [0, 0.05) is 17.4 Å². The number of aromatic nitrogens is 4. The molecule has 5 aromatic rings. The van der Waals surface area contributed by atoms with Gasteiger partial charge in [-0.05, 0) is 67.9 Å². The third-order valence-corrected chi connectivity index (χ3v) is 5.91. The third-order valence-electron chi connectivity index (χ3n) is 5.91. The molecular weight excluding hydrogens is 525 g/mol. The monoisotopic (exact) mass is 548 g/mol. The lowest BCUT2D eigenvalue weighted by Crippen LogP contribution is -2.20. The summed E-state index contributed by atoms with van der Waals surface area (Å²) in [6.45, 7) is 3.44. The molecule has 0 radical (unpaired) electrons. The summed E-state index contributed by atoms with van der Waals surface area (Å²) < 4.78 is 46.2. The molecule has 0 spiro atoms. The molecule has 0 atom stereocenters. The molecule has 40 heavy (non-hydrogen) atoms. The number of pyridine rings is 1. The first-order valence-electron chi connectivity index (χ1n) is 12.0. The summed E-state index contributed by atoms with van der Waals surface area (Å²) in [7, 11) is 0. The molecule has 3 aromatic heterocycles. The van der Waals surface area contributed by atoms with E-state index < -0.39 is 23.4 Å². The van der Waals surface area contributed by atoms with E-state index in [0.717, 1.165) is 34.6 Å². The lowest BCUT2D eigenvalue weighted by molar-refractivity contribution is -0.137. The Morgan fingerprint density at radius 3 is 2.25 bits per heavy atom. The number of aliphatic hydroxyl groups is 1. The molecule has 0 aliphatic carbocycles. The molecule has 0 aliphatic heterocycles. The molecule has 0 unspecified atom stereocenters. The largest absolute Gasteiger partial charge is 0.424 e. The van der Waals surface area contributed by atoms with Gasteiger partial charge in [0.25, 0.3) is 0 Å². The van der Waals surface area contributed by atoms with Crippen molar-refractivity contribution in [2.45, 2.75) is 25.6 Å². The Bertz CT molecular complexity index is 1660. The van der Waals surface area contributed by atoms with Crippen LogP contribution in [-0.4, -0.2) is 30.5 Å². The van der Waals surface area contributed by atoms with Gasteiger partial charge in [0.05, 0.1) is 41.1 Å². The summed E-state index contributed by atoms with van der Waals surface area (Å²) in [4.78, 5) is 24.7. The van der Waals surface area contributed by atoms with Crippen molar-refractivity contribution in [2.75, 3.05) is 10.6 Å². The summed E-state index contributed by atoms with van der Waals surface area (Å²) in [5.74, 6) is 0.470. The van der Waals surface area contributed by atoms with Gasteiger partial charge in [-0.25, -0.2) is 19.7 Å². The number of imidazole rings is 1. The number of carbonyl (C=O) groups excluding carboxylic acids is 1. The van der Waals surface area contributed by atoms with Crippen LogP contribution in [0.15, 0.2) is 85.5 Å². The highest BCUT2D eigenvalue weighted by Gasteiger charge is 2.30. The van der Waals surface area contributed by atoms with E-state index in [2.05, 4.69) is 25.6 Å². The Morgan fingerprint density at radius 2 is 1.57 bits per heavy atom. The van der Waals surface area contributed by atoms with E-state index >= 15 is 0 Å². The highest BCUT2D eigenvalue weighted by atomic mass is 19.4. The molecule has 0 bridgehead atoms. The number of urea groups is 1. The second kappa shape index (κ2) is 10.3. The molecule has 0 saturated heterocycles. The standard InChI is InChI=1S/C28H23F3N6O3/c1-27(2,39)19-8-11-24-32-15-23(37(24)16-19)17-6-9-22(10-7-17)40-26-33-13-21(14-34-26)36-25(38)35-20-5-3-4-18(12-20)28(29,30)31/h3-16,39H,1-2H3,(H2,35,36,38). The average Bonchev–Trinajstić information content (AvgIpc) is 3.33. The van der Waals surface area contributed by atoms with Crippen molar-refractivity contribution in [3.63, 3.8) is 0 Å². The highest BCUT2D eigenvalue weighted by molar-refractivity contribution is 5.99. The number of carbonyl (C=O) groups is 1. The van der Waals surface area contributed by atoms with Gasteiger partial charge in [0.15, 0.2) is 0 Å². The fraction of sp³-hybridized carbons (Fsp3) is 0.143. The molecule has 204 valence electrons. The third kappa shape index (κ3) is 6.02. The van der Waals surface area contributed by atoms with Crippen LogP contribution >= 0.6 is 0 Å². The Balaban J connectivity index is 1.22. The Labute approximate surface area is 226 Å². The summed E-state index contributed by atoms with van der Waals surface area (Å²) in [5, 5.41) is 15.2. The van der Waals surface area contributed by atoms with Crippen molar-refractivity contribution in [1.82, 2.24) is 19.4 Å². The van der Waals surface area contributed by atoms with Crippen molar-refractivity contribution in [3.05, 3.63) is 96.6 Å². The number of nitrogens with one attached hydrogen (secondary N) is 2. The van der Waals surface area contributed by atoms with Crippen molar-refractivity contribution < 1.29 is 27.8 Å². The number of hydrogen-bond donors (Lipinski definition) is 3. The van der Waals surface area contributed by atoms with E-state index in [9.17, 15) is 23.1 Å². The highest BCUT2D eigenvalue weighted by Crippen LogP contribution is 2.31. The van der Waals surface area contributed by atoms with Crippen molar-refractivity contribution in [1.29, 1.82) is 0 Å². The second-order valence-corrected chi connectivity index (χ2v) is 9.39. The van der Waals surface area contributed by atoms with E-state index in [4.69, 9.17) is 4.74 Å². The fourth-order valence-corrected chi connectivity index (χ4v) is 3.86. The maximum atomic E-state index is 12.9. The van der Waals surface area contributed by atoms with Crippen LogP contribution in [-0.2, 0) is 11.8 Å². The minimum absolute atomic E-state index is 0.0155.